The second-order valence-electron chi connectivity index (χ2n) is 4.58. The molecule has 1 aromatic carbocycles. The Kier molecular flexibility index (Phi) is 5.53. The van der Waals surface area contributed by atoms with Crippen LogP contribution in [-0.4, -0.2) is 45.8 Å². The number of para-hydroxylation sites is 1. The lowest BCUT2D eigenvalue weighted by atomic mass is 10.3. The van der Waals surface area contributed by atoms with Gasteiger partial charge in [-0.1, -0.05) is 18.2 Å². The smallest absolute Gasteiger partial charge is 0.250 e. The van der Waals surface area contributed by atoms with Crippen LogP contribution in [0.25, 0.3) is 5.69 Å². The van der Waals surface area contributed by atoms with E-state index in [2.05, 4.69) is 38.1 Å². The number of hydrogen-bond donors (Lipinski definition) is 3. The first-order valence-electron chi connectivity index (χ1n) is 6.58. The van der Waals surface area contributed by atoms with Crippen LogP contribution in [0.3, 0.4) is 0 Å². The minimum absolute atomic E-state index is 0.103. The Hall–Kier alpha value is -1.90. The number of aromatic nitrogens is 2. The van der Waals surface area contributed by atoms with Crippen LogP contribution in [0.2, 0.25) is 0 Å². The largest absolute Gasteiger partial charge is 0.473 e. The number of nitrogens with one attached hydrogen (secondary N) is 1. The molecule has 0 saturated carbocycles. The zero-order chi connectivity index (χ0) is 16.1. The molecule has 1 heterocycles. The van der Waals surface area contributed by atoms with E-state index < -0.39 is 12.5 Å². The number of aliphatic hydroxyl groups is 2. The molecule has 0 bridgehead atoms. The Morgan fingerprint density at radius 3 is 2.68 bits per heavy atom. The first kappa shape index (κ1) is 16.5. The van der Waals surface area contributed by atoms with Crippen molar-refractivity contribution in [2.24, 2.45) is 4.99 Å². The minimum atomic E-state index is -1.18. The predicted octanol–water partition coefficient (Wildman–Crippen LogP) is 1.78. The first-order chi connectivity index (χ1) is 10.5. The predicted molar refractivity (Wildman–Crippen MR) is 87.6 cm³/mol. The van der Waals surface area contributed by atoms with Gasteiger partial charge in [-0.2, -0.15) is 0 Å². The van der Waals surface area contributed by atoms with Crippen LogP contribution >= 0.6 is 15.9 Å². The zero-order valence-corrected chi connectivity index (χ0v) is 13.6. The quantitative estimate of drug-likeness (QED) is 0.511. The van der Waals surface area contributed by atoms with Gasteiger partial charge in [-0.25, -0.2) is 9.67 Å². The lowest BCUT2D eigenvalue weighted by Crippen LogP contribution is -2.18. The van der Waals surface area contributed by atoms with E-state index in [-0.39, 0.29) is 6.61 Å². The van der Waals surface area contributed by atoms with Crippen LogP contribution in [0.4, 0.5) is 5.82 Å². The molecule has 2 atom stereocenters. The molecule has 0 aliphatic rings. The molecule has 0 aliphatic carbocycles. The summed E-state index contributed by atoms with van der Waals surface area (Å²) in [4.78, 5) is 3.49. The second-order valence-corrected chi connectivity index (χ2v) is 5.37. The van der Waals surface area contributed by atoms with Crippen molar-refractivity contribution >= 4 is 28.5 Å². The fourth-order valence-electron chi connectivity index (χ4n) is 1.72. The summed E-state index contributed by atoms with van der Waals surface area (Å²) in [5.41, 5.74) is 0.772. The number of ether oxygens (including phenoxy) is 1. The number of aliphatic imine (C=N–C) groups is 1. The van der Waals surface area contributed by atoms with Crippen molar-refractivity contribution in [1.29, 1.82) is 0 Å². The van der Waals surface area contributed by atoms with Gasteiger partial charge in [0.2, 0.25) is 12.2 Å². The molecule has 2 aromatic rings. The van der Waals surface area contributed by atoms with Crippen molar-refractivity contribution in [1.82, 2.24) is 9.78 Å². The Morgan fingerprint density at radius 2 is 2.09 bits per heavy atom. The molecule has 2 unspecified atom stereocenters. The summed E-state index contributed by atoms with van der Waals surface area (Å²) in [6.07, 6.45) is -1.80. The molecule has 0 aliphatic heterocycles. The first-order valence-corrected chi connectivity index (χ1v) is 7.37. The fourth-order valence-corrected chi connectivity index (χ4v) is 2.20. The molecule has 118 valence electrons. The van der Waals surface area contributed by atoms with Gasteiger partial charge < -0.3 is 20.3 Å². The maximum Gasteiger partial charge on any atom is 0.250 e. The molecular formula is C14H17BrN4O3. The Bertz CT molecular complexity index is 631. The van der Waals surface area contributed by atoms with Gasteiger partial charge in [0.1, 0.15) is 11.1 Å². The summed E-state index contributed by atoms with van der Waals surface area (Å²) in [6.45, 7) is 5.00. The Labute approximate surface area is 136 Å². The zero-order valence-electron chi connectivity index (χ0n) is 12.0. The third-order valence-electron chi connectivity index (χ3n) is 2.70. The number of rotatable bonds is 7. The lowest BCUT2D eigenvalue weighted by Gasteiger charge is -2.11. The highest BCUT2D eigenvalue weighted by Gasteiger charge is 2.20. The van der Waals surface area contributed by atoms with Crippen molar-refractivity contribution < 1.29 is 14.9 Å². The fraction of sp³-hybridized carbons (Fsp3) is 0.286. The summed E-state index contributed by atoms with van der Waals surface area (Å²) in [6, 6.07) is 9.34. The van der Waals surface area contributed by atoms with Crippen molar-refractivity contribution in [2.45, 2.75) is 19.4 Å². The number of nitrogens with zero attached hydrogens (tertiary/aromatic N) is 3. The molecule has 2 rings (SSSR count). The number of anilines is 1. The molecular weight excluding hydrogens is 352 g/mol. The number of benzene rings is 1. The van der Waals surface area contributed by atoms with Crippen LogP contribution in [0.15, 0.2) is 39.8 Å². The summed E-state index contributed by atoms with van der Waals surface area (Å²) in [5.74, 6) is 0.759. The average molecular weight is 369 g/mol. The van der Waals surface area contributed by atoms with Crippen LogP contribution < -0.4 is 10.1 Å². The number of halogens is 1. The topological polar surface area (TPSA) is 91.9 Å². The molecule has 7 nitrogen and oxygen atoms in total. The van der Waals surface area contributed by atoms with Gasteiger partial charge in [-0.15, -0.1) is 5.10 Å². The van der Waals surface area contributed by atoms with Crippen LogP contribution in [0.5, 0.6) is 5.88 Å². The molecule has 0 saturated heterocycles. The van der Waals surface area contributed by atoms with Crippen molar-refractivity contribution in [2.75, 3.05) is 11.9 Å². The molecule has 0 amide bonds. The second kappa shape index (κ2) is 7.39. The van der Waals surface area contributed by atoms with Gasteiger partial charge in [0.15, 0.2) is 5.82 Å². The van der Waals surface area contributed by atoms with Crippen LogP contribution in [-0.2, 0) is 0 Å². The van der Waals surface area contributed by atoms with Gasteiger partial charge in [0.05, 0.1) is 11.8 Å². The van der Waals surface area contributed by atoms with E-state index in [4.69, 9.17) is 4.74 Å². The van der Waals surface area contributed by atoms with E-state index >= 15 is 0 Å². The van der Waals surface area contributed by atoms with Crippen molar-refractivity contribution in [3.63, 3.8) is 0 Å². The van der Waals surface area contributed by atoms with E-state index in [0.717, 1.165) is 5.69 Å². The third-order valence-corrected chi connectivity index (χ3v) is 3.41. The average Bonchev–Trinajstić information content (AvgIpc) is 2.82. The molecule has 3 N–H and O–H groups in total. The van der Waals surface area contributed by atoms with Gasteiger partial charge in [-0.3, -0.25) is 0 Å². The van der Waals surface area contributed by atoms with E-state index in [1.807, 2.05) is 30.3 Å². The van der Waals surface area contributed by atoms with Crippen LogP contribution in [0.1, 0.15) is 6.92 Å². The van der Waals surface area contributed by atoms with E-state index in [1.54, 1.807) is 11.6 Å². The van der Waals surface area contributed by atoms with Gasteiger partial charge in [0.25, 0.3) is 0 Å². The minimum Gasteiger partial charge on any atom is -0.473 e. The number of aliphatic hydroxyl groups excluding tert-OH is 2. The third kappa shape index (κ3) is 3.85. The molecule has 1 aromatic heterocycles. The molecule has 0 fully saturated rings. The van der Waals surface area contributed by atoms with Gasteiger partial charge >= 0.3 is 0 Å². The van der Waals surface area contributed by atoms with E-state index in [1.165, 1.54) is 0 Å². The normalized spacial score (nSPS) is 13.5. The van der Waals surface area contributed by atoms with E-state index in [0.29, 0.717) is 16.2 Å². The summed E-state index contributed by atoms with van der Waals surface area (Å²) in [7, 11) is 0. The molecule has 0 spiro atoms. The highest BCUT2D eigenvalue weighted by molar-refractivity contribution is 9.10. The standard InChI is InChI=1S/C14H17BrN4O3/c1-9(20)8-22-13-11(15)12(17-14(21)16-2)19(18-13)10-6-4-3-5-7-10/h3-7,9,14,17,20-21H,2,8H2,1H3. The highest BCUT2D eigenvalue weighted by atomic mass is 79.9. The maximum atomic E-state index is 9.65. The number of hydrogen-bond acceptors (Lipinski definition) is 6. The molecule has 22 heavy (non-hydrogen) atoms. The maximum absolute atomic E-state index is 9.65. The van der Waals surface area contributed by atoms with Crippen LogP contribution in [0, 0.1) is 0 Å². The van der Waals surface area contributed by atoms with Crippen molar-refractivity contribution in [3.8, 4) is 11.6 Å². The lowest BCUT2D eigenvalue weighted by molar-refractivity contribution is 0.119. The summed E-state index contributed by atoms with van der Waals surface area (Å²) >= 11 is 3.38. The van der Waals surface area contributed by atoms with Gasteiger partial charge in [0, 0.05) is 0 Å². The van der Waals surface area contributed by atoms with E-state index in [9.17, 15) is 10.2 Å². The van der Waals surface area contributed by atoms with Crippen molar-refractivity contribution in [3.05, 3.63) is 34.8 Å². The highest BCUT2D eigenvalue weighted by Crippen LogP contribution is 2.34. The Balaban J connectivity index is 2.41. The Morgan fingerprint density at radius 1 is 1.41 bits per heavy atom. The summed E-state index contributed by atoms with van der Waals surface area (Å²) < 4.78 is 7.54. The van der Waals surface area contributed by atoms with Gasteiger partial charge in [-0.05, 0) is 41.7 Å². The monoisotopic (exact) mass is 368 g/mol. The molecule has 0 radical (unpaired) electrons. The summed E-state index contributed by atoms with van der Waals surface area (Å²) in [5, 5.41) is 26.1. The SMILES string of the molecule is C=NC(O)Nc1c(Br)c(OCC(C)O)nn1-c1ccccc1. The molecule has 8 heteroatoms.